The maximum atomic E-state index is 5.90. The van der Waals surface area contributed by atoms with Gasteiger partial charge in [-0.05, 0) is 42.0 Å². The van der Waals surface area contributed by atoms with Crippen molar-refractivity contribution >= 4 is 28.8 Å². The van der Waals surface area contributed by atoms with Gasteiger partial charge in [-0.25, -0.2) is 9.97 Å². The maximum absolute atomic E-state index is 5.90. The molecule has 5 heteroatoms. The lowest BCUT2D eigenvalue weighted by molar-refractivity contribution is 0.729. The van der Waals surface area contributed by atoms with E-state index >= 15 is 0 Å². The van der Waals surface area contributed by atoms with Gasteiger partial charge in [0.15, 0.2) is 0 Å². The summed E-state index contributed by atoms with van der Waals surface area (Å²) in [5.41, 5.74) is 2.32. The summed E-state index contributed by atoms with van der Waals surface area (Å²) < 4.78 is 0. The van der Waals surface area contributed by atoms with Crippen LogP contribution in [0.15, 0.2) is 17.5 Å². The van der Waals surface area contributed by atoms with Gasteiger partial charge in [0.25, 0.3) is 0 Å². The SMILES string of the molecule is Cc1cc(N2CCc3sccc3C2)nc(Cl)n1. The summed E-state index contributed by atoms with van der Waals surface area (Å²) in [6, 6.07) is 4.19. The lowest BCUT2D eigenvalue weighted by atomic mass is 10.1. The lowest BCUT2D eigenvalue weighted by Crippen LogP contribution is -2.30. The van der Waals surface area contributed by atoms with Crippen molar-refractivity contribution in [1.82, 2.24) is 9.97 Å². The van der Waals surface area contributed by atoms with Gasteiger partial charge in [-0.15, -0.1) is 11.3 Å². The lowest BCUT2D eigenvalue weighted by Gasteiger charge is -2.28. The molecule has 0 amide bonds. The van der Waals surface area contributed by atoms with Crippen LogP contribution in [0.5, 0.6) is 0 Å². The normalized spacial score (nSPS) is 14.8. The van der Waals surface area contributed by atoms with Crippen LogP contribution in [-0.4, -0.2) is 16.5 Å². The molecule has 88 valence electrons. The molecule has 0 radical (unpaired) electrons. The maximum Gasteiger partial charge on any atom is 0.224 e. The number of rotatable bonds is 1. The Morgan fingerprint density at radius 3 is 3.12 bits per heavy atom. The van der Waals surface area contributed by atoms with Crippen molar-refractivity contribution in [2.75, 3.05) is 11.4 Å². The number of anilines is 1. The molecule has 0 atom stereocenters. The number of thiophene rings is 1. The second-order valence-electron chi connectivity index (χ2n) is 4.18. The van der Waals surface area contributed by atoms with Crippen molar-refractivity contribution in [3.63, 3.8) is 0 Å². The van der Waals surface area contributed by atoms with Crippen molar-refractivity contribution in [2.24, 2.45) is 0 Å². The molecule has 1 aliphatic rings. The molecule has 0 aromatic carbocycles. The zero-order valence-corrected chi connectivity index (χ0v) is 11.1. The average Bonchev–Trinajstić information content (AvgIpc) is 2.74. The van der Waals surface area contributed by atoms with Gasteiger partial charge in [0.05, 0.1) is 0 Å². The monoisotopic (exact) mass is 265 g/mol. The zero-order valence-electron chi connectivity index (χ0n) is 9.48. The van der Waals surface area contributed by atoms with E-state index in [1.807, 2.05) is 24.3 Å². The number of aromatic nitrogens is 2. The molecule has 0 fully saturated rings. The second kappa shape index (κ2) is 4.27. The third-order valence-corrected chi connectivity index (χ3v) is 4.14. The van der Waals surface area contributed by atoms with Crippen LogP contribution < -0.4 is 4.90 Å². The molecule has 1 aliphatic heterocycles. The van der Waals surface area contributed by atoms with Gasteiger partial charge in [-0.3, -0.25) is 0 Å². The summed E-state index contributed by atoms with van der Waals surface area (Å²) in [6.45, 7) is 3.86. The van der Waals surface area contributed by atoms with Crippen molar-refractivity contribution in [2.45, 2.75) is 19.9 Å². The third-order valence-electron chi connectivity index (χ3n) is 2.95. The molecule has 0 aliphatic carbocycles. The Morgan fingerprint density at radius 2 is 2.29 bits per heavy atom. The molecular formula is C12H12ClN3S. The van der Waals surface area contributed by atoms with E-state index in [1.165, 1.54) is 10.4 Å². The van der Waals surface area contributed by atoms with E-state index in [0.717, 1.165) is 31.0 Å². The van der Waals surface area contributed by atoms with Crippen molar-refractivity contribution in [3.05, 3.63) is 38.9 Å². The Hall–Kier alpha value is -1.13. The molecule has 3 nitrogen and oxygen atoms in total. The minimum atomic E-state index is 0.330. The van der Waals surface area contributed by atoms with Gasteiger partial charge >= 0.3 is 0 Å². The number of halogens is 1. The molecular weight excluding hydrogens is 254 g/mol. The molecule has 0 spiro atoms. The van der Waals surface area contributed by atoms with Crippen LogP contribution >= 0.6 is 22.9 Å². The van der Waals surface area contributed by atoms with Gasteiger partial charge in [0.2, 0.25) is 5.28 Å². The highest BCUT2D eigenvalue weighted by molar-refractivity contribution is 7.10. The van der Waals surface area contributed by atoms with Crippen LogP contribution in [0.2, 0.25) is 5.28 Å². The fourth-order valence-corrected chi connectivity index (χ4v) is 3.23. The van der Waals surface area contributed by atoms with Crippen LogP contribution in [-0.2, 0) is 13.0 Å². The summed E-state index contributed by atoms with van der Waals surface area (Å²) in [7, 11) is 0. The zero-order chi connectivity index (χ0) is 11.8. The fraction of sp³-hybridized carbons (Fsp3) is 0.333. The number of nitrogens with zero attached hydrogens (tertiary/aromatic N) is 3. The molecule has 0 unspecified atom stereocenters. The molecule has 2 aromatic rings. The topological polar surface area (TPSA) is 29.0 Å². The molecule has 0 bridgehead atoms. The van der Waals surface area contributed by atoms with Crippen molar-refractivity contribution in [3.8, 4) is 0 Å². The third kappa shape index (κ3) is 2.15. The van der Waals surface area contributed by atoms with Gasteiger partial charge in [0.1, 0.15) is 5.82 Å². The minimum Gasteiger partial charge on any atom is -0.352 e. The van der Waals surface area contributed by atoms with E-state index in [9.17, 15) is 0 Å². The Labute approximate surface area is 109 Å². The first-order valence-electron chi connectivity index (χ1n) is 5.54. The Kier molecular flexibility index (Phi) is 2.76. The molecule has 0 N–H and O–H groups in total. The molecule has 2 aromatic heterocycles. The molecule has 3 heterocycles. The van der Waals surface area contributed by atoms with Crippen LogP contribution in [0.4, 0.5) is 5.82 Å². The van der Waals surface area contributed by atoms with E-state index in [0.29, 0.717) is 5.28 Å². The molecule has 0 saturated heterocycles. The first-order chi connectivity index (χ1) is 8.22. The van der Waals surface area contributed by atoms with Crippen molar-refractivity contribution in [1.29, 1.82) is 0 Å². The molecule has 17 heavy (non-hydrogen) atoms. The summed E-state index contributed by atoms with van der Waals surface area (Å²) >= 11 is 7.75. The van der Waals surface area contributed by atoms with E-state index in [2.05, 4.69) is 26.3 Å². The van der Waals surface area contributed by atoms with Gasteiger partial charge in [0, 0.05) is 29.7 Å². The van der Waals surface area contributed by atoms with E-state index in [-0.39, 0.29) is 0 Å². The predicted molar refractivity (Wildman–Crippen MR) is 70.9 cm³/mol. The van der Waals surface area contributed by atoms with E-state index < -0.39 is 0 Å². The van der Waals surface area contributed by atoms with E-state index in [4.69, 9.17) is 11.6 Å². The largest absolute Gasteiger partial charge is 0.352 e. The van der Waals surface area contributed by atoms with Gasteiger partial charge in [-0.2, -0.15) is 0 Å². The summed E-state index contributed by atoms with van der Waals surface area (Å²) in [5.74, 6) is 0.930. The minimum absolute atomic E-state index is 0.330. The number of aryl methyl sites for hydroxylation is 1. The number of hydrogen-bond acceptors (Lipinski definition) is 4. The Bertz CT molecular complexity index is 532. The fourth-order valence-electron chi connectivity index (χ4n) is 2.12. The second-order valence-corrected chi connectivity index (χ2v) is 5.52. The number of hydrogen-bond donors (Lipinski definition) is 0. The average molecular weight is 266 g/mol. The first-order valence-corrected chi connectivity index (χ1v) is 6.79. The molecule has 3 rings (SSSR count). The van der Waals surface area contributed by atoms with E-state index in [1.54, 1.807) is 0 Å². The smallest absolute Gasteiger partial charge is 0.224 e. The van der Waals surface area contributed by atoms with Crippen LogP contribution in [0.25, 0.3) is 0 Å². The highest BCUT2D eigenvalue weighted by Gasteiger charge is 2.18. The molecule has 0 saturated carbocycles. The van der Waals surface area contributed by atoms with Gasteiger partial charge in [-0.1, -0.05) is 0 Å². The van der Waals surface area contributed by atoms with Gasteiger partial charge < -0.3 is 4.90 Å². The Morgan fingerprint density at radius 1 is 1.41 bits per heavy atom. The van der Waals surface area contributed by atoms with Crippen LogP contribution in [0, 0.1) is 6.92 Å². The Balaban J connectivity index is 1.91. The standard InChI is InChI=1S/C12H12ClN3S/c1-8-6-11(15-12(13)14-8)16-4-2-10-9(7-16)3-5-17-10/h3,5-6H,2,4,7H2,1H3. The van der Waals surface area contributed by atoms with Crippen LogP contribution in [0.3, 0.4) is 0 Å². The summed E-state index contributed by atoms with van der Waals surface area (Å²) in [6.07, 6.45) is 1.09. The predicted octanol–water partition coefficient (Wildman–Crippen LogP) is 3.06. The number of fused-ring (bicyclic) bond motifs is 1. The van der Waals surface area contributed by atoms with Crippen molar-refractivity contribution < 1.29 is 0 Å². The highest BCUT2D eigenvalue weighted by atomic mass is 35.5. The summed E-state index contributed by atoms with van der Waals surface area (Å²) in [5, 5.41) is 2.49. The highest BCUT2D eigenvalue weighted by Crippen LogP contribution is 2.27. The summed E-state index contributed by atoms with van der Waals surface area (Å²) in [4.78, 5) is 12.1. The van der Waals surface area contributed by atoms with Crippen LogP contribution in [0.1, 0.15) is 16.1 Å². The quantitative estimate of drug-likeness (QED) is 0.742. The first kappa shape index (κ1) is 11.0.